The second-order valence-corrected chi connectivity index (χ2v) is 5.16. The molecule has 0 heterocycles. The van der Waals surface area contributed by atoms with Gasteiger partial charge in [0.05, 0.1) is 21.3 Å². The molecule has 0 aliphatic carbocycles. The number of methoxy groups -OCH3 is 3. The fourth-order valence-corrected chi connectivity index (χ4v) is 2.84. The normalized spacial score (nSPS) is 10.2. The fourth-order valence-electron chi connectivity index (χ4n) is 1.89. The van der Waals surface area contributed by atoms with Gasteiger partial charge in [0.1, 0.15) is 17.2 Å². The number of hydrogen-bond acceptors (Lipinski definition) is 4. The van der Waals surface area contributed by atoms with E-state index in [4.69, 9.17) is 14.2 Å². The minimum Gasteiger partial charge on any atom is -0.496 e. The summed E-state index contributed by atoms with van der Waals surface area (Å²) in [5, 5.41) is 0. The Morgan fingerprint density at radius 2 is 1.45 bits per heavy atom. The largest absolute Gasteiger partial charge is 0.496 e. The first-order chi connectivity index (χ1) is 9.78. The molecule has 0 aromatic heterocycles. The molecule has 0 unspecified atom stereocenters. The summed E-state index contributed by atoms with van der Waals surface area (Å²) in [5.41, 5.74) is 1.03. The van der Waals surface area contributed by atoms with Crippen LogP contribution in [-0.4, -0.2) is 21.3 Å². The highest BCUT2D eigenvalue weighted by atomic mass is 32.2. The molecule has 2 rings (SSSR count). The van der Waals surface area contributed by atoms with E-state index in [0.29, 0.717) is 0 Å². The molecule has 0 amide bonds. The summed E-state index contributed by atoms with van der Waals surface area (Å²) in [6, 6.07) is 14.0. The second-order valence-electron chi connectivity index (χ2n) is 4.11. The Labute approximate surface area is 123 Å². The van der Waals surface area contributed by atoms with Crippen molar-refractivity contribution in [3.05, 3.63) is 48.0 Å². The van der Waals surface area contributed by atoms with Crippen LogP contribution in [-0.2, 0) is 5.75 Å². The van der Waals surface area contributed by atoms with E-state index in [2.05, 4.69) is 12.1 Å². The zero-order valence-electron chi connectivity index (χ0n) is 11.9. The quantitative estimate of drug-likeness (QED) is 0.751. The predicted molar refractivity (Wildman–Crippen MR) is 82.1 cm³/mol. The smallest absolute Gasteiger partial charge is 0.130 e. The third-order valence-electron chi connectivity index (χ3n) is 2.94. The van der Waals surface area contributed by atoms with Gasteiger partial charge in [0.25, 0.3) is 0 Å². The molecule has 2 aromatic rings. The van der Waals surface area contributed by atoms with Gasteiger partial charge in [0.15, 0.2) is 0 Å². The van der Waals surface area contributed by atoms with Crippen LogP contribution in [0.25, 0.3) is 0 Å². The third kappa shape index (κ3) is 3.39. The first kappa shape index (κ1) is 14.6. The lowest BCUT2D eigenvalue weighted by molar-refractivity contribution is 0.371. The highest BCUT2D eigenvalue weighted by Crippen LogP contribution is 2.37. The zero-order valence-corrected chi connectivity index (χ0v) is 12.7. The highest BCUT2D eigenvalue weighted by molar-refractivity contribution is 7.98. The Morgan fingerprint density at radius 1 is 0.850 bits per heavy atom. The minimum atomic E-state index is 0.729. The van der Waals surface area contributed by atoms with Gasteiger partial charge in [0.2, 0.25) is 0 Å². The van der Waals surface area contributed by atoms with Crippen molar-refractivity contribution >= 4 is 11.8 Å². The van der Waals surface area contributed by atoms with Crippen LogP contribution in [0.15, 0.2) is 47.4 Å². The fraction of sp³-hybridized carbons (Fsp3) is 0.250. The van der Waals surface area contributed by atoms with E-state index < -0.39 is 0 Å². The number of thioether (sulfide) groups is 1. The first-order valence-corrected chi connectivity index (χ1v) is 7.23. The van der Waals surface area contributed by atoms with Crippen molar-refractivity contribution in [1.29, 1.82) is 0 Å². The standard InChI is InChI=1S/C16H18O3S/c1-17-12-9-15(18-2)14(16(10-12)19-3)11-20-13-7-5-4-6-8-13/h4-10H,11H2,1-3H3. The van der Waals surface area contributed by atoms with E-state index in [1.165, 1.54) is 4.90 Å². The van der Waals surface area contributed by atoms with Gasteiger partial charge in [-0.25, -0.2) is 0 Å². The molecule has 0 fully saturated rings. The van der Waals surface area contributed by atoms with Gasteiger partial charge in [-0.2, -0.15) is 0 Å². The van der Waals surface area contributed by atoms with E-state index in [0.717, 1.165) is 28.6 Å². The number of rotatable bonds is 6. The molecule has 0 saturated heterocycles. The van der Waals surface area contributed by atoms with Crippen molar-refractivity contribution in [1.82, 2.24) is 0 Å². The third-order valence-corrected chi connectivity index (χ3v) is 3.98. The number of hydrogen-bond donors (Lipinski definition) is 0. The topological polar surface area (TPSA) is 27.7 Å². The summed E-state index contributed by atoms with van der Waals surface area (Å²) in [4.78, 5) is 1.22. The van der Waals surface area contributed by atoms with Crippen LogP contribution in [0.5, 0.6) is 17.2 Å². The maximum atomic E-state index is 5.45. The summed E-state index contributed by atoms with van der Waals surface area (Å²) in [7, 11) is 4.95. The van der Waals surface area contributed by atoms with Crippen LogP contribution in [0.1, 0.15) is 5.56 Å². The van der Waals surface area contributed by atoms with Crippen LogP contribution in [0.4, 0.5) is 0 Å². The van der Waals surface area contributed by atoms with Crippen molar-refractivity contribution in [2.45, 2.75) is 10.6 Å². The molecular weight excluding hydrogens is 272 g/mol. The van der Waals surface area contributed by atoms with E-state index in [-0.39, 0.29) is 0 Å². The molecule has 0 aliphatic heterocycles. The van der Waals surface area contributed by atoms with Gasteiger partial charge in [-0.05, 0) is 12.1 Å². The van der Waals surface area contributed by atoms with Crippen molar-refractivity contribution in [2.75, 3.05) is 21.3 Å². The molecule has 0 saturated carbocycles. The van der Waals surface area contributed by atoms with Crippen LogP contribution in [0.2, 0.25) is 0 Å². The summed E-state index contributed by atoms with van der Waals surface area (Å²) < 4.78 is 16.1. The van der Waals surface area contributed by atoms with E-state index in [1.807, 2.05) is 30.3 Å². The van der Waals surface area contributed by atoms with E-state index in [9.17, 15) is 0 Å². The Bertz CT molecular complexity index is 530. The summed E-state index contributed by atoms with van der Waals surface area (Å²) in [6.45, 7) is 0. The average Bonchev–Trinajstić information content (AvgIpc) is 2.52. The molecular formula is C16H18O3S. The maximum Gasteiger partial charge on any atom is 0.130 e. The molecule has 0 radical (unpaired) electrons. The molecule has 3 nitrogen and oxygen atoms in total. The molecule has 4 heteroatoms. The van der Waals surface area contributed by atoms with Crippen LogP contribution in [0.3, 0.4) is 0 Å². The second kappa shape index (κ2) is 7.10. The van der Waals surface area contributed by atoms with Gasteiger partial charge in [-0.3, -0.25) is 0 Å². The van der Waals surface area contributed by atoms with Crippen LogP contribution in [0, 0.1) is 0 Å². The van der Waals surface area contributed by atoms with Gasteiger partial charge >= 0.3 is 0 Å². The Balaban J connectivity index is 2.25. The molecule has 0 bridgehead atoms. The lowest BCUT2D eigenvalue weighted by atomic mass is 10.2. The Kier molecular flexibility index (Phi) is 5.18. The molecule has 20 heavy (non-hydrogen) atoms. The first-order valence-electron chi connectivity index (χ1n) is 6.25. The van der Waals surface area contributed by atoms with Crippen molar-refractivity contribution in [3.63, 3.8) is 0 Å². The molecule has 0 aliphatic rings. The van der Waals surface area contributed by atoms with E-state index >= 15 is 0 Å². The minimum absolute atomic E-state index is 0.729. The monoisotopic (exact) mass is 290 g/mol. The lowest BCUT2D eigenvalue weighted by Crippen LogP contribution is -1.97. The van der Waals surface area contributed by atoms with Gasteiger partial charge in [0, 0.05) is 28.3 Å². The summed E-state index contributed by atoms with van der Waals surface area (Å²) >= 11 is 1.75. The number of benzene rings is 2. The molecule has 0 spiro atoms. The molecule has 0 N–H and O–H groups in total. The SMILES string of the molecule is COc1cc(OC)c(CSc2ccccc2)c(OC)c1. The Morgan fingerprint density at radius 3 is 1.95 bits per heavy atom. The number of ether oxygens (including phenoxy) is 3. The Hall–Kier alpha value is -1.81. The zero-order chi connectivity index (χ0) is 14.4. The van der Waals surface area contributed by atoms with E-state index in [1.54, 1.807) is 33.1 Å². The summed E-state index contributed by atoms with van der Waals surface area (Å²) in [6.07, 6.45) is 0. The van der Waals surface area contributed by atoms with Crippen molar-refractivity contribution in [3.8, 4) is 17.2 Å². The van der Waals surface area contributed by atoms with Crippen LogP contribution >= 0.6 is 11.8 Å². The molecule has 0 atom stereocenters. The maximum absolute atomic E-state index is 5.45. The van der Waals surface area contributed by atoms with Crippen molar-refractivity contribution < 1.29 is 14.2 Å². The van der Waals surface area contributed by atoms with Gasteiger partial charge in [-0.15, -0.1) is 11.8 Å². The molecule has 2 aromatic carbocycles. The predicted octanol–water partition coefficient (Wildman–Crippen LogP) is 4.00. The summed E-state index contributed by atoms with van der Waals surface area (Å²) in [5.74, 6) is 3.07. The molecule has 106 valence electrons. The van der Waals surface area contributed by atoms with Gasteiger partial charge < -0.3 is 14.2 Å². The highest BCUT2D eigenvalue weighted by Gasteiger charge is 2.13. The van der Waals surface area contributed by atoms with Crippen LogP contribution < -0.4 is 14.2 Å². The van der Waals surface area contributed by atoms with Crippen molar-refractivity contribution in [2.24, 2.45) is 0 Å². The lowest BCUT2D eigenvalue weighted by Gasteiger charge is -2.14. The average molecular weight is 290 g/mol. The van der Waals surface area contributed by atoms with Gasteiger partial charge in [-0.1, -0.05) is 18.2 Å².